The fourth-order valence-electron chi connectivity index (χ4n) is 4.70. The van der Waals surface area contributed by atoms with Gasteiger partial charge < -0.3 is 4.42 Å². The van der Waals surface area contributed by atoms with E-state index in [4.69, 9.17) is 9.40 Å². The van der Waals surface area contributed by atoms with Gasteiger partial charge in [-0.15, -0.1) is 0 Å². The zero-order chi connectivity index (χ0) is 19.8. The number of aromatic nitrogens is 3. The minimum atomic E-state index is 0.889. The van der Waals surface area contributed by atoms with Gasteiger partial charge >= 0.3 is 0 Å². The third-order valence-corrected chi connectivity index (χ3v) is 5.98. The van der Waals surface area contributed by atoms with Crippen molar-refractivity contribution in [3.05, 3.63) is 90.5 Å². The van der Waals surface area contributed by atoms with Crippen molar-refractivity contribution in [1.82, 2.24) is 14.0 Å². The maximum Gasteiger partial charge on any atom is 0.220 e. The van der Waals surface area contributed by atoms with Gasteiger partial charge in [-0.2, -0.15) is 0 Å². The Hall–Kier alpha value is -4.05. The van der Waals surface area contributed by atoms with Crippen LogP contribution in [-0.4, -0.2) is 14.0 Å². The number of rotatable bonds is 1. The third-order valence-electron chi connectivity index (χ3n) is 5.98. The number of furan rings is 1. The molecule has 142 valence electrons. The average Bonchev–Trinajstić information content (AvgIpc) is 3.41. The first-order valence-electron chi connectivity index (χ1n) is 10.1. The highest BCUT2D eigenvalue weighted by Gasteiger charge is 2.20. The molecule has 0 aliphatic rings. The molecule has 0 amide bonds. The number of benzene rings is 4. The third kappa shape index (κ3) is 1.93. The van der Waals surface area contributed by atoms with Gasteiger partial charge in [0.1, 0.15) is 11.2 Å². The quantitative estimate of drug-likeness (QED) is 0.316. The van der Waals surface area contributed by atoms with Crippen molar-refractivity contribution >= 4 is 49.8 Å². The van der Waals surface area contributed by atoms with Crippen LogP contribution in [-0.2, 0) is 0 Å². The SMILES string of the molecule is Cc1ccc2oc3cccc(-n4c5ccccc5n5c6ccccc6nc45)c3c2c1. The fourth-order valence-corrected chi connectivity index (χ4v) is 4.70. The minimum absolute atomic E-state index is 0.889. The van der Waals surface area contributed by atoms with E-state index in [1.165, 1.54) is 5.56 Å². The molecule has 0 N–H and O–H groups in total. The van der Waals surface area contributed by atoms with E-state index in [2.05, 4.69) is 88.7 Å². The Morgan fingerprint density at radius 2 is 1.53 bits per heavy atom. The number of hydrogen-bond donors (Lipinski definition) is 0. The summed E-state index contributed by atoms with van der Waals surface area (Å²) in [6.07, 6.45) is 0. The molecule has 4 nitrogen and oxygen atoms in total. The monoisotopic (exact) mass is 387 g/mol. The highest BCUT2D eigenvalue weighted by atomic mass is 16.3. The van der Waals surface area contributed by atoms with Crippen LogP contribution in [0.25, 0.3) is 55.5 Å². The molecule has 0 unspecified atom stereocenters. The van der Waals surface area contributed by atoms with E-state index >= 15 is 0 Å². The Morgan fingerprint density at radius 1 is 0.733 bits per heavy atom. The summed E-state index contributed by atoms with van der Waals surface area (Å²) in [4.78, 5) is 5.01. The van der Waals surface area contributed by atoms with Crippen molar-refractivity contribution in [3.63, 3.8) is 0 Å². The predicted octanol–water partition coefficient (Wildman–Crippen LogP) is 6.64. The van der Waals surface area contributed by atoms with Crippen LogP contribution < -0.4 is 0 Å². The molecule has 3 heterocycles. The summed E-state index contributed by atoms with van der Waals surface area (Å²) in [5.74, 6) is 0.909. The first kappa shape index (κ1) is 15.8. The first-order valence-corrected chi connectivity index (χ1v) is 10.1. The molecule has 0 radical (unpaired) electrons. The normalized spacial score (nSPS) is 12.2. The van der Waals surface area contributed by atoms with Crippen molar-refractivity contribution in [2.75, 3.05) is 0 Å². The number of imidazole rings is 2. The van der Waals surface area contributed by atoms with Crippen molar-refractivity contribution in [2.45, 2.75) is 6.92 Å². The standard InChI is InChI=1S/C26H17N3O/c1-16-13-14-23-17(15-16)25-22(11-6-12-24(25)30-23)29-21-10-5-4-9-20(21)28-19-8-3-2-7-18(19)27-26(28)29/h2-15H,1H3. The number of nitrogens with zero attached hydrogens (tertiary/aromatic N) is 3. The lowest BCUT2D eigenvalue weighted by atomic mass is 10.1. The molecule has 7 aromatic rings. The zero-order valence-electron chi connectivity index (χ0n) is 16.3. The van der Waals surface area contributed by atoms with Gasteiger partial charge in [-0.05, 0) is 55.5 Å². The molecule has 0 bridgehead atoms. The van der Waals surface area contributed by atoms with Crippen LogP contribution >= 0.6 is 0 Å². The molecule has 0 spiro atoms. The number of fused-ring (bicyclic) bond motifs is 8. The van der Waals surface area contributed by atoms with E-state index in [1.54, 1.807) is 0 Å². The summed E-state index contributed by atoms with van der Waals surface area (Å²) in [6.45, 7) is 2.12. The van der Waals surface area contributed by atoms with Crippen molar-refractivity contribution < 1.29 is 4.42 Å². The second kappa shape index (κ2) is 5.51. The van der Waals surface area contributed by atoms with Crippen molar-refractivity contribution in [3.8, 4) is 5.69 Å². The molecule has 0 aliphatic heterocycles. The van der Waals surface area contributed by atoms with Gasteiger partial charge in [0.15, 0.2) is 0 Å². The van der Waals surface area contributed by atoms with Crippen LogP contribution in [0.2, 0.25) is 0 Å². The first-order chi connectivity index (χ1) is 14.8. The van der Waals surface area contributed by atoms with Crippen LogP contribution in [0.1, 0.15) is 5.56 Å². The van der Waals surface area contributed by atoms with Gasteiger partial charge in [-0.1, -0.05) is 42.0 Å². The van der Waals surface area contributed by atoms with Crippen LogP contribution in [0.3, 0.4) is 0 Å². The van der Waals surface area contributed by atoms with Gasteiger partial charge in [0.2, 0.25) is 5.78 Å². The predicted molar refractivity (Wildman–Crippen MR) is 122 cm³/mol. The highest BCUT2D eigenvalue weighted by molar-refractivity contribution is 6.10. The molecule has 0 atom stereocenters. The maximum absolute atomic E-state index is 6.19. The molecule has 0 aliphatic carbocycles. The van der Waals surface area contributed by atoms with E-state index in [0.717, 1.165) is 55.5 Å². The molecular formula is C26H17N3O. The van der Waals surface area contributed by atoms with E-state index in [-0.39, 0.29) is 0 Å². The topological polar surface area (TPSA) is 35.4 Å². The Bertz CT molecular complexity index is 1760. The molecule has 7 rings (SSSR count). The smallest absolute Gasteiger partial charge is 0.220 e. The molecule has 30 heavy (non-hydrogen) atoms. The second-order valence-corrected chi connectivity index (χ2v) is 7.81. The summed E-state index contributed by atoms with van der Waals surface area (Å²) < 4.78 is 10.7. The van der Waals surface area contributed by atoms with Gasteiger partial charge in [0.25, 0.3) is 0 Å². The van der Waals surface area contributed by atoms with Gasteiger partial charge in [0, 0.05) is 5.39 Å². The number of para-hydroxylation sites is 4. The van der Waals surface area contributed by atoms with E-state index in [9.17, 15) is 0 Å². The molecule has 4 heteroatoms. The Labute approximate surface area is 171 Å². The molecule has 0 fully saturated rings. The molecular weight excluding hydrogens is 370 g/mol. The van der Waals surface area contributed by atoms with E-state index in [0.29, 0.717) is 0 Å². The average molecular weight is 387 g/mol. The van der Waals surface area contributed by atoms with E-state index < -0.39 is 0 Å². The van der Waals surface area contributed by atoms with Crippen LogP contribution in [0, 0.1) is 6.92 Å². The summed E-state index contributed by atoms with van der Waals surface area (Å²) >= 11 is 0. The zero-order valence-corrected chi connectivity index (χ0v) is 16.3. The Kier molecular flexibility index (Phi) is 2.91. The van der Waals surface area contributed by atoms with Crippen molar-refractivity contribution in [1.29, 1.82) is 0 Å². The second-order valence-electron chi connectivity index (χ2n) is 7.81. The number of hydrogen-bond acceptors (Lipinski definition) is 2. The van der Waals surface area contributed by atoms with Crippen LogP contribution in [0.5, 0.6) is 0 Å². The molecule has 3 aromatic heterocycles. The van der Waals surface area contributed by atoms with Crippen LogP contribution in [0.4, 0.5) is 0 Å². The Balaban J connectivity index is 1.74. The minimum Gasteiger partial charge on any atom is -0.456 e. The van der Waals surface area contributed by atoms with Gasteiger partial charge in [-0.25, -0.2) is 4.98 Å². The Morgan fingerprint density at radius 3 is 2.43 bits per heavy atom. The van der Waals surface area contributed by atoms with E-state index in [1.807, 2.05) is 12.1 Å². The van der Waals surface area contributed by atoms with Crippen molar-refractivity contribution in [2.24, 2.45) is 0 Å². The summed E-state index contributed by atoms with van der Waals surface area (Å²) in [5, 5.41) is 2.25. The van der Waals surface area contributed by atoms with Gasteiger partial charge in [-0.3, -0.25) is 8.97 Å². The largest absolute Gasteiger partial charge is 0.456 e. The number of aryl methyl sites for hydroxylation is 1. The summed E-state index contributed by atoms with van der Waals surface area (Å²) in [7, 11) is 0. The lowest BCUT2D eigenvalue weighted by Crippen LogP contribution is -1.95. The molecule has 0 saturated heterocycles. The lowest BCUT2D eigenvalue weighted by Gasteiger charge is -2.07. The highest BCUT2D eigenvalue weighted by Crippen LogP contribution is 2.37. The summed E-state index contributed by atoms with van der Waals surface area (Å²) in [6, 6.07) is 29.4. The molecule has 0 saturated carbocycles. The maximum atomic E-state index is 6.19. The van der Waals surface area contributed by atoms with Gasteiger partial charge in [0.05, 0.1) is 33.1 Å². The van der Waals surface area contributed by atoms with Crippen LogP contribution in [0.15, 0.2) is 89.3 Å². The lowest BCUT2D eigenvalue weighted by molar-refractivity contribution is 0.668. The summed E-state index contributed by atoms with van der Waals surface area (Å²) in [5.41, 5.74) is 8.47. The molecule has 4 aromatic carbocycles. The fraction of sp³-hybridized carbons (Fsp3) is 0.0385.